The number of amides is 1. The van der Waals surface area contributed by atoms with Gasteiger partial charge in [0.2, 0.25) is 11.7 Å². The van der Waals surface area contributed by atoms with E-state index in [0.717, 1.165) is 12.1 Å². The second-order valence-corrected chi connectivity index (χ2v) is 4.22. The van der Waals surface area contributed by atoms with Crippen LogP contribution in [0, 0.1) is 15.9 Å². The maximum atomic E-state index is 13.0. The molecule has 0 spiro atoms. The monoisotopic (exact) mass is 290 g/mol. The van der Waals surface area contributed by atoms with Gasteiger partial charge >= 0.3 is 5.69 Å². The second kappa shape index (κ2) is 5.02. The SMILES string of the molecule is NC(=O)C(Br)Cc1ccc(F)c([N+](=O)[O-])c1. The van der Waals surface area contributed by atoms with Crippen molar-refractivity contribution in [3.63, 3.8) is 0 Å². The minimum atomic E-state index is -0.904. The lowest BCUT2D eigenvalue weighted by molar-refractivity contribution is -0.387. The molecule has 1 atom stereocenters. The summed E-state index contributed by atoms with van der Waals surface area (Å²) in [5.74, 6) is -1.48. The van der Waals surface area contributed by atoms with E-state index < -0.39 is 27.2 Å². The highest BCUT2D eigenvalue weighted by atomic mass is 79.9. The van der Waals surface area contributed by atoms with Crippen LogP contribution in [0.25, 0.3) is 0 Å². The molecule has 16 heavy (non-hydrogen) atoms. The average molecular weight is 291 g/mol. The zero-order chi connectivity index (χ0) is 12.3. The smallest absolute Gasteiger partial charge is 0.305 e. The van der Waals surface area contributed by atoms with Crippen LogP contribution < -0.4 is 5.73 Å². The van der Waals surface area contributed by atoms with Gasteiger partial charge in [-0.05, 0) is 18.1 Å². The third-order valence-corrected chi connectivity index (χ3v) is 2.71. The molecule has 86 valence electrons. The number of hydrogen-bond donors (Lipinski definition) is 1. The van der Waals surface area contributed by atoms with Crippen molar-refractivity contribution in [1.29, 1.82) is 0 Å². The van der Waals surface area contributed by atoms with Crippen LogP contribution in [0.5, 0.6) is 0 Å². The summed E-state index contributed by atoms with van der Waals surface area (Å²) in [4.78, 5) is 19.8. The van der Waals surface area contributed by atoms with E-state index in [-0.39, 0.29) is 6.42 Å². The summed E-state index contributed by atoms with van der Waals surface area (Å²) < 4.78 is 13.0. The third-order valence-electron chi connectivity index (χ3n) is 1.93. The lowest BCUT2D eigenvalue weighted by atomic mass is 10.1. The van der Waals surface area contributed by atoms with Crippen LogP contribution in [-0.4, -0.2) is 15.7 Å². The van der Waals surface area contributed by atoms with Crippen LogP contribution in [0.4, 0.5) is 10.1 Å². The molecule has 1 aromatic carbocycles. The number of nitrogens with zero attached hydrogens (tertiary/aromatic N) is 1. The van der Waals surface area contributed by atoms with Gasteiger partial charge < -0.3 is 5.73 Å². The van der Waals surface area contributed by atoms with E-state index in [4.69, 9.17) is 5.73 Å². The fraction of sp³-hybridized carbons (Fsp3) is 0.222. The number of nitro benzene ring substituents is 1. The highest BCUT2D eigenvalue weighted by Gasteiger charge is 2.17. The molecule has 0 saturated carbocycles. The van der Waals surface area contributed by atoms with Gasteiger partial charge in [-0.1, -0.05) is 22.0 Å². The van der Waals surface area contributed by atoms with Gasteiger partial charge in [0.1, 0.15) is 0 Å². The second-order valence-electron chi connectivity index (χ2n) is 3.12. The van der Waals surface area contributed by atoms with Crippen LogP contribution in [0.1, 0.15) is 5.56 Å². The fourth-order valence-corrected chi connectivity index (χ4v) is 1.51. The topological polar surface area (TPSA) is 86.2 Å². The third kappa shape index (κ3) is 2.99. The molecule has 1 amide bonds. The van der Waals surface area contributed by atoms with E-state index in [1.807, 2.05) is 0 Å². The number of halogens is 2. The Morgan fingerprint density at radius 3 is 2.75 bits per heavy atom. The van der Waals surface area contributed by atoms with Gasteiger partial charge in [0.15, 0.2) is 0 Å². The summed E-state index contributed by atoms with van der Waals surface area (Å²) >= 11 is 3.02. The number of benzene rings is 1. The Hall–Kier alpha value is -1.50. The summed E-state index contributed by atoms with van der Waals surface area (Å²) in [7, 11) is 0. The van der Waals surface area contributed by atoms with Gasteiger partial charge in [0.25, 0.3) is 0 Å². The molecule has 0 fully saturated rings. The first kappa shape index (κ1) is 12.6. The molecule has 2 N–H and O–H groups in total. The summed E-state index contributed by atoms with van der Waals surface area (Å²) in [6, 6.07) is 3.46. The summed E-state index contributed by atoms with van der Waals surface area (Å²) in [5.41, 5.74) is 4.87. The van der Waals surface area contributed by atoms with Crippen molar-refractivity contribution in [3.05, 3.63) is 39.7 Å². The van der Waals surface area contributed by atoms with Crippen molar-refractivity contribution in [2.45, 2.75) is 11.2 Å². The Kier molecular flexibility index (Phi) is 3.94. The Morgan fingerprint density at radius 1 is 1.62 bits per heavy atom. The van der Waals surface area contributed by atoms with E-state index in [2.05, 4.69) is 15.9 Å². The highest BCUT2D eigenvalue weighted by molar-refractivity contribution is 9.10. The number of primary amides is 1. The molecule has 0 bridgehead atoms. The molecule has 0 aromatic heterocycles. The van der Waals surface area contributed by atoms with E-state index in [9.17, 15) is 19.3 Å². The van der Waals surface area contributed by atoms with Gasteiger partial charge in [0, 0.05) is 6.07 Å². The maximum absolute atomic E-state index is 13.0. The Morgan fingerprint density at radius 2 is 2.25 bits per heavy atom. The van der Waals surface area contributed by atoms with E-state index >= 15 is 0 Å². The number of nitrogens with two attached hydrogens (primary N) is 1. The lowest BCUT2D eigenvalue weighted by Crippen LogP contribution is -2.25. The van der Waals surface area contributed by atoms with Crippen molar-refractivity contribution in [2.75, 3.05) is 0 Å². The molecule has 0 aliphatic heterocycles. The van der Waals surface area contributed by atoms with E-state index in [0.29, 0.717) is 5.56 Å². The number of alkyl halides is 1. The molecule has 1 unspecified atom stereocenters. The number of hydrogen-bond acceptors (Lipinski definition) is 3. The van der Waals surface area contributed by atoms with Crippen molar-refractivity contribution in [3.8, 4) is 0 Å². The minimum absolute atomic E-state index is 0.177. The molecule has 0 heterocycles. The van der Waals surface area contributed by atoms with Crippen LogP contribution in [0.2, 0.25) is 0 Å². The Balaban J connectivity index is 2.95. The van der Waals surface area contributed by atoms with Crippen LogP contribution >= 0.6 is 15.9 Å². The molecule has 1 rings (SSSR count). The van der Waals surface area contributed by atoms with Gasteiger partial charge in [0.05, 0.1) is 9.75 Å². The molecule has 0 saturated heterocycles. The molecular weight excluding hydrogens is 283 g/mol. The van der Waals surface area contributed by atoms with Gasteiger partial charge in [-0.3, -0.25) is 14.9 Å². The number of carbonyl (C=O) groups is 1. The molecular formula is C9H8BrFN2O3. The van der Waals surface area contributed by atoms with Crippen molar-refractivity contribution in [1.82, 2.24) is 0 Å². The van der Waals surface area contributed by atoms with Crippen molar-refractivity contribution < 1.29 is 14.1 Å². The predicted octanol–water partition coefficient (Wildman–Crippen LogP) is 1.53. The average Bonchev–Trinajstić information content (AvgIpc) is 2.20. The molecule has 7 heteroatoms. The largest absolute Gasteiger partial charge is 0.369 e. The molecule has 0 aliphatic rings. The van der Waals surface area contributed by atoms with Gasteiger partial charge in [-0.15, -0.1) is 0 Å². The summed E-state index contributed by atoms with van der Waals surface area (Å²) in [6.07, 6.45) is 0.177. The van der Waals surface area contributed by atoms with Crippen LogP contribution in [0.15, 0.2) is 18.2 Å². The number of nitro groups is 1. The molecule has 5 nitrogen and oxygen atoms in total. The number of rotatable bonds is 4. The zero-order valence-electron chi connectivity index (χ0n) is 8.02. The highest BCUT2D eigenvalue weighted by Crippen LogP contribution is 2.20. The van der Waals surface area contributed by atoms with Crippen LogP contribution in [0.3, 0.4) is 0 Å². The first-order valence-corrected chi connectivity index (χ1v) is 5.19. The van der Waals surface area contributed by atoms with Crippen LogP contribution in [-0.2, 0) is 11.2 Å². The standard InChI is InChI=1S/C9H8BrFN2O3/c10-6(9(12)14)3-5-1-2-7(11)8(4-5)13(15)16/h1-2,4,6H,3H2,(H2,12,14). The maximum Gasteiger partial charge on any atom is 0.305 e. The fourth-order valence-electron chi connectivity index (χ4n) is 1.13. The first-order valence-electron chi connectivity index (χ1n) is 4.28. The normalized spacial score (nSPS) is 12.1. The quantitative estimate of drug-likeness (QED) is 0.518. The molecule has 1 aromatic rings. The van der Waals surface area contributed by atoms with Crippen molar-refractivity contribution in [2.24, 2.45) is 5.73 Å². The van der Waals surface area contributed by atoms with E-state index in [1.54, 1.807) is 0 Å². The lowest BCUT2D eigenvalue weighted by Gasteiger charge is -2.05. The van der Waals surface area contributed by atoms with Crippen molar-refractivity contribution >= 4 is 27.5 Å². The predicted molar refractivity (Wildman–Crippen MR) is 58.7 cm³/mol. The Bertz CT molecular complexity index is 439. The zero-order valence-corrected chi connectivity index (χ0v) is 9.61. The molecule has 0 aliphatic carbocycles. The van der Waals surface area contributed by atoms with Gasteiger partial charge in [-0.25, -0.2) is 0 Å². The van der Waals surface area contributed by atoms with E-state index in [1.165, 1.54) is 6.07 Å². The summed E-state index contributed by atoms with van der Waals surface area (Å²) in [6.45, 7) is 0. The minimum Gasteiger partial charge on any atom is -0.369 e. The number of carbonyl (C=O) groups excluding carboxylic acids is 1. The first-order chi connectivity index (χ1) is 7.41. The summed E-state index contributed by atoms with van der Waals surface area (Å²) in [5, 5.41) is 10.5. The van der Waals surface area contributed by atoms with Gasteiger partial charge in [-0.2, -0.15) is 4.39 Å². The Labute approximate surface area is 98.7 Å². The molecule has 0 radical (unpaired) electrons.